The highest BCUT2D eigenvalue weighted by molar-refractivity contribution is 5.96. The van der Waals surface area contributed by atoms with E-state index in [1.165, 1.54) is 12.1 Å². The number of rotatable bonds is 2. The third-order valence-corrected chi connectivity index (χ3v) is 4.63. The summed E-state index contributed by atoms with van der Waals surface area (Å²) >= 11 is 0. The van der Waals surface area contributed by atoms with E-state index in [1.54, 1.807) is 26.0 Å². The molecule has 1 heterocycles. The van der Waals surface area contributed by atoms with Crippen LogP contribution in [0.4, 0.5) is 5.69 Å². The zero-order chi connectivity index (χ0) is 20.8. The summed E-state index contributed by atoms with van der Waals surface area (Å²) in [4.78, 5) is 12.7. The number of phenolic OH excluding ortho intramolecular Hbond substituents is 1. The number of carbonyl (C=O) groups is 1. The maximum absolute atomic E-state index is 12.7. The van der Waals surface area contributed by atoms with E-state index in [4.69, 9.17) is 4.74 Å². The van der Waals surface area contributed by atoms with E-state index in [2.05, 4.69) is 17.2 Å². The average Bonchev–Trinajstić information content (AvgIpc) is 2.64. The normalized spacial score (nSPS) is 29.5. The number of aliphatic hydroxyl groups is 3. The van der Waals surface area contributed by atoms with E-state index in [0.717, 1.165) is 0 Å². The number of nitrogens with one attached hydrogen (secondary N) is 1. The van der Waals surface area contributed by atoms with Crippen LogP contribution in [-0.4, -0.2) is 57.4 Å². The van der Waals surface area contributed by atoms with Crippen molar-refractivity contribution in [2.45, 2.75) is 51.6 Å². The van der Waals surface area contributed by atoms with E-state index in [-0.39, 0.29) is 29.2 Å². The Hall–Kier alpha value is -2.53. The number of aromatic hydroxyl groups is 1. The number of anilines is 1. The van der Waals surface area contributed by atoms with Crippen LogP contribution in [0.25, 0.3) is 0 Å². The van der Waals surface area contributed by atoms with Crippen LogP contribution in [0.15, 0.2) is 24.3 Å². The predicted molar refractivity (Wildman–Crippen MR) is 105 cm³/mol. The number of cyclic esters (lactones) is 1. The second-order valence-corrected chi connectivity index (χ2v) is 6.86. The Morgan fingerprint density at radius 3 is 2.61 bits per heavy atom. The molecule has 0 spiro atoms. The summed E-state index contributed by atoms with van der Waals surface area (Å²) in [6, 6.07) is 3.04. The molecule has 28 heavy (non-hydrogen) atoms. The summed E-state index contributed by atoms with van der Waals surface area (Å²) in [5.74, 6) is 4.20. The van der Waals surface area contributed by atoms with Crippen molar-refractivity contribution >= 4 is 11.7 Å². The first-order valence-corrected chi connectivity index (χ1v) is 9.27. The molecule has 0 bridgehead atoms. The number of fused-ring (bicyclic) bond motifs is 1. The fraction of sp³-hybridized carbons (Fsp3) is 0.476. The lowest BCUT2D eigenvalue weighted by molar-refractivity contribution is -0.0387. The number of carbonyl (C=O) groups excluding carboxylic acids is 1. The van der Waals surface area contributed by atoms with Gasteiger partial charge in [0.25, 0.3) is 0 Å². The SMILES string of the molecule is CCNc1cc(O)c2c(c1)C#CCC(O)[C@H](O)C(O)/C=C\[C@@H](C)C(C)OC2=O. The first kappa shape index (κ1) is 21.8. The minimum absolute atomic E-state index is 0.0516. The van der Waals surface area contributed by atoms with Gasteiger partial charge < -0.3 is 30.5 Å². The van der Waals surface area contributed by atoms with Crippen molar-refractivity contribution in [2.24, 2.45) is 5.92 Å². The van der Waals surface area contributed by atoms with Crippen molar-refractivity contribution in [1.82, 2.24) is 0 Å². The number of hydrogen-bond acceptors (Lipinski definition) is 7. The van der Waals surface area contributed by atoms with E-state index >= 15 is 0 Å². The Balaban J connectivity index is 2.51. The lowest BCUT2D eigenvalue weighted by atomic mass is 9.99. The highest BCUT2D eigenvalue weighted by Crippen LogP contribution is 2.28. The molecule has 1 aliphatic rings. The van der Waals surface area contributed by atoms with Gasteiger partial charge in [0.05, 0.1) is 6.10 Å². The molecule has 1 aromatic carbocycles. The van der Waals surface area contributed by atoms with E-state index < -0.39 is 30.4 Å². The standard InChI is InChI=1S/C21H27NO6/c1-4-22-15-10-14-6-5-7-16(23)20(26)17(24)9-8-12(2)13(3)28-21(27)19(14)18(25)11-15/h8-13,16-17,20,22-26H,4,7H2,1-3H3/b9-8-/t12-,13?,16?,17?,20+/m1/s1. The fourth-order valence-electron chi connectivity index (χ4n) is 2.74. The van der Waals surface area contributed by atoms with Crippen molar-refractivity contribution in [3.63, 3.8) is 0 Å². The van der Waals surface area contributed by atoms with E-state index in [9.17, 15) is 25.2 Å². The summed E-state index contributed by atoms with van der Waals surface area (Å²) in [5, 5.41) is 43.5. The Kier molecular flexibility index (Phi) is 7.46. The molecule has 7 nitrogen and oxygen atoms in total. The van der Waals surface area contributed by atoms with E-state index in [0.29, 0.717) is 12.2 Å². The third kappa shape index (κ3) is 5.26. The van der Waals surface area contributed by atoms with E-state index in [1.807, 2.05) is 6.92 Å². The highest BCUT2D eigenvalue weighted by Gasteiger charge is 2.25. The maximum atomic E-state index is 12.7. The molecule has 1 aliphatic heterocycles. The lowest BCUT2D eigenvalue weighted by Crippen LogP contribution is -2.36. The fourth-order valence-corrected chi connectivity index (χ4v) is 2.74. The smallest absolute Gasteiger partial charge is 0.343 e. The summed E-state index contributed by atoms with van der Waals surface area (Å²) < 4.78 is 5.47. The molecule has 0 aliphatic carbocycles. The van der Waals surface area contributed by atoms with Gasteiger partial charge in [0.15, 0.2) is 0 Å². The van der Waals surface area contributed by atoms with Gasteiger partial charge >= 0.3 is 5.97 Å². The molecule has 0 aromatic heterocycles. The van der Waals surface area contributed by atoms with Gasteiger partial charge in [-0.3, -0.25) is 0 Å². The maximum Gasteiger partial charge on any atom is 0.343 e. The summed E-state index contributed by atoms with van der Waals surface area (Å²) in [6.45, 7) is 5.97. The minimum atomic E-state index is -1.40. The molecule has 0 amide bonds. The monoisotopic (exact) mass is 389 g/mol. The molecule has 3 unspecified atom stereocenters. The Morgan fingerprint density at radius 2 is 1.93 bits per heavy atom. The van der Waals surface area contributed by atoms with Crippen LogP contribution in [-0.2, 0) is 4.74 Å². The topological polar surface area (TPSA) is 119 Å². The first-order chi connectivity index (χ1) is 13.2. The number of aliphatic hydroxyl groups excluding tert-OH is 3. The number of ether oxygens (including phenoxy) is 1. The van der Waals surface area contributed by atoms with Crippen molar-refractivity contribution in [1.29, 1.82) is 0 Å². The molecule has 5 N–H and O–H groups in total. The largest absolute Gasteiger partial charge is 0.507 e. The van der Waals surface area contributed by atoms with Gasteiger partial charge in [-0.25, -0.2) is 4.79 Å². The van der Waals surface area contributed by atoms with Crippen molar-refractivity contribution in [3.8, 4) is 17.6 Å². The quantitative estimate of drug-likeness (QED) is 0.295. The predicted octanol–water partition coefficient (Wildman–Crippen LogP) is 1.40. The molecule has 0 fully saturated rings. The summed E-state index contributed by atoms with van der Waals surface area (Å²) in [7, 11) is 0. The minimum Gasteiger partial charge on any atom is -0.507 e. The second kappa shape index (κ2) is 9.60. The zero-order valence-electron chi connectivity index (χ0n) is 16.2. The Bertz CT molecular complexity index is 794. The molecule has 0 radical (unpaired) electrons. The Morgan fingerprint density at radius 1 is 1.21 bits per heavy atom. The number of phenols is 1. The average molecular weight is 389 g/mol. The van der Waals surface area contributed by atoms with Crippen LogP contribution < -0.4 is 5.32 Å². The molecular formula is C21H27NO6. The lowest BCUT2D eigenvalue weighted by Gasteiger charge is -2.22. The molecule has 152 valence electrons. The van der Waals surface area contributed by atoms with Gasteiger partial charge in [-0.2, -0.15) is 0 Å². The third-order valence-electron chi connectivity index (χ3n) is 4.63. The summed E-state index contributed by atoms with van der Waals surface area (Å²) in [5.41, 5.74) is 0.780. The van der Waals surface area contributed by atoms with Gasteiger partial charge in [-0.1, -0.05) is 30.9 Å². The van der Waals surface area contributed by atoms with Gasteiger partial charge in [-0.15, -0.1) is 0 Å². The number of esters is 1. The zero-order valence-corrected chi connectivity index (χ0v) is 16.2. The van der Waals surface area contributed by atoms with Crippen molar-refractivity contribution < 1.29 is 30.0 Å². The van der Waals surface area contributed by atoms with Crippen LogP contribution >= 0.6 is 0 Å². The molecule has 7 heteroatoms. The molecular weight excluding hydrogens is 362 g/mol. The van der Waals surface area contributed by atoms with Crippen molar-refractivity contribution in [2.75, 3.05) is 11.9 Å². The van der Waals surface area contributed by atoms with Gasteiger partial charge in [-0.05, 0) is 19.9 Å². The van der Waals surface area contributed by atoms with Crippen LogP contribution in [0.2, 0.25) is 0 Å². The van der Waals surface area contributed by atoms with Gasteiger partial charge in [0.1, 0.15) is 29.6 Å². The van der Waals surface area contributed by atoms with Crippen LogP contribution in [0, 0.1) is 17.8 Å². The molecule has 1 aromatic rings. The number of benzene rings is 1. The molecule has 0 saturated carbocycles. The Labute approximate surface area is 164 Å². The summed E-state index contributed by atoms with van der Waals surface area (Å²) in [6.07, 6.45) is -1.68. The molecule has 0 saturated heterocycles. The van der Waals surface area contributed by atoms with Crippen LogP contribution in [0.3, 0.4) is 0 Å². The van der Waals surface area contributed by atoms with Crippen LogP contribution in [0.1, 0.15) is 43.1 Å². The highest BCUT2D eigenvalue weighted by atomic mass is 16.5. The van der Waals surface area contributed by atoms with Crippen molar-refractivity contribution in [3.05, 3.63) is 35.4 Å². The second-order valence-electron chi connectivity index (χ2n) is 6.86. The van der Waals surface area contributed by atoms with Gasteiger partial charge in [0, 0.05) is 36.2 Å². The first-order valence-electron chi connectivity index (χ1n) is 9.27. The molecule has 2 rings (SSSR count). The number of hydrogen-bond donors (Lipinski definition) is 5. The van der Waals surface area contributed by atoms with Crippen LogP contribution in [0.5, 0.6) is 5.75 Å². The molecule has 5 atom stereocenters. The van der Waals surface area contributed by atoms with Gasteiger partial charge in [0.2, 0.25) is 0 Å².